The van der Waals surface area contributed by atoms with Crippen LogP contribution in [0.15, 0.2) is 42.5 Å². The summed E-state index contributed by atoms with van der Waals surface area (Å²) in [6.45, 7) is 2.25. The molecular formula is C24H24N6O4. The lowest BCUT2D eigenvalue weighted by atomic mass is 10.0. The number of methoxy groups -OCH3 is 1. The van der Waals surface area contributed by atoms with Gasteiger partial charge in [-0.2, -0.15) is 5.10 Å². The van der Waals surface area contributed by atoms with Gasteiger partial charge >= 0.3 is 6.03 Å². The summed E-state index contributed by atoms with van der Waals surface area (Å²) in [5, 5.41) is 10.3. The number of fused-ring (bicyclic) bond motifs is 3. The normalized spacial score (nSPS) is 15.1. The quantitative estimate of drug-likeness (QED) is 0.417. The number of nitrogens with one attached hydrogen (secondary N) is 2. The summed E-state index contributed by atoms with van der Waals surface area (Å²) in [6, 6.07) is 12.3. The zero-order valence-corrected chi connectivity index (χ0v) is 18.6. The zero-order valence-electron chi connectivity index (χ0n) is 18.6. The van der Waals surface area contributed by atoms with Gasteiger partial charge in [0.05, 0.1) is 36.2 Å². The highest BCUT2D eigenvalue weighted by Gasteiger charge is 2.35. The lowest BCUT2D eigenvalue weighted by molar-refractivity contribution is -0.117. The Kier molecular flexibility index (Phi) is 5.50. The first-order valence-corrected chi connectivity index (χ1v) is 10.9. The SMILES string of the molecule is COc1ccc(-c2n[nH]c3c2C(=O)c2c(NC(=O)CN4CCN(C(N)=O)CC4)cccc2-3)cc1. The molecule has 174 valence electrons. The van der Waals surface area contributed by atoms with Crippen LogP contribution in [0, 0.1) is 0 Å². The van der Waals surface area contributed by atoms with Crippen LogP contribution in [0.25, 0.3) is 22.5 Å². The average molecular weight is 460 g/mol. The first-order chi connectivity index (χ1) is 16.5. The third-order valence-corrected chi connectivity index (χ3v) is 6.24. The molecule has 34 heavy (non-hydrogen) atoms. The molecule has 0 unspecified atom stereocenters. The second kappa shape index (κ2) is 8.64. The molecule has 2 aromatic carbocycles. The Balaban J connectivity index is 1.34. The Morgan fingerprint density at radius 2 is 1.82 bits per heavy atom. The van der Waals surface area contributed by atoms with E-state index in [0.29, 0.717) is 65.7 Å². The number of nitrogens with two attached hydrogens (primary N) is 1. The van der Waals surface area contributed by atoms with E-state index in [2.05, 4.69) is 15.5 Å². The minimum atomic E-state index is -0.450. The summed E-state index contributed by atoms with van der Waals surface area (Å²) < 4.78 is 5.21. The molecule has 1 saturated heterocycles. The molecule has 1 aromatic heterocycles. The standard InChI is InChI=1S/C24H24N6O4/c1-34-15-7-5-14(6-8-15)21-20-22(28-27-21)16-3-2-4-17(19(16)23(20)32)26-18(31)13-29-9-11-30(12-10-29)24(25)33/h2-8H,9-13H2,1H3,(H2,25,33)(H,26,31)(H,27,28). The molecule has 1 fully saturated rings. The number of nitrogens with zero attached hydrogens (tertiary/aromatic N) is 3. The van der Waals surface area contributed by atoms with Crippen molar-refractivity contribution in [2.75, 3.05) is 45.2 Å². The number of piperazine rings is 1. The lowest BCUT2D eigenvalue weighted by Gasteiger charge is -2.33. The molecule has 1 aliphatic carbocycles. The number of rotatable bonds is 5. The fourth-order valence-electron chi connectivity index (χ4n) is 4.47. The van der Waals surface area contributed by atoms with E-state index in [1.807, 2.05) is 35.2 Å². The number of anilines is 1. The first kappa shape index (κ1) is 21.7. The van der Waals surface area contributed by atoms with Gasteiger partial charge in [-0.25, -0.2) is 4.79 Å². The highest BCUT2D eigenvalue weighted by atomic mass is 16.5. The van der Waals surface area contributed by atoms with E-state index in [-0.39, 0.29) is 18.2 Å². The topological polar surface area (TPSA) is 134 Å². The number of urea groups is 1. The van der Waals surface area contributed by atoms with E-state index in [0.717, 1.165) is 5.56 Å². The van der Waals surface area contributed by atoms with Crippen molar-refractivity contribution in [2.45, 2.75) is 0 Å². The third kappa shape index (κ3) is 3.77. The van der Waals surface area contributed by atoms with Crippen molar-refractivity contribution in [2.24, 2.45) is 5.73 Å². The Labute approximate surface area is 195 Å². The van der Waals surface area contributed by atoms with Gasteiger partial charge in [-0.05, 0) is 30.3 Å². The largest absolute Gasteiger partial charge is 0.497 e. The van der Waals surface area contributed by atoms with Gasteiger partial charge in [-0.3, -0.25) is 19.6 Å². The van der Waals surface area contributed by atoms with Gasteiger partial charge in [0.2, 0.25) is 5.91 Å². The van der Waals surface area contributed by atoms with Crippen LogP contribution in [0.1, 0.15) is 15.9 Å². The van der Waals surface area contributed by atoms with Gasteiger partial charge in [0, 0.05) is 37.3 Å². The molecule has 10 heteroatoms. The summed E-state index contributed by atoms with van der Waals surface area (Å²) in [6.07, 6.45) is 0. The highest BCUT2D eigenvalue weighted by molar-refractivity contribution is 6.27. The molecule has 0 atom stereocenters. The van der Waals surface area contributed by atoms with Crippen molar-refractivity contribution in [1.82, 2.24) is 20.0 Å². The summed E-state index contributed by atoms with van der Waals surface area (Å²) in [7, 11) is 1.60. The fourth-order valence-corrected chi connectivity index (χ4v) is 4.47. The minimum Gasteiger partial charge on any atom is -0.497 e. The zero-order chi connectivity index (χ0) is 23.8. The number of primary amides is 1. The van der Waals surface area contributed by atoms with E-state index in [1.54, 1.807) is 24.1 Å². The fraction of sp³-hybridized carbons (Fsp3) is 0.250. The van der Waals surface area contributed by atoms with Crippen molar-refractivity contribution in [3.05, 3.63) is 53.6 Å². The van der Waals surface area contributed by atoms with Crippen molar-refractivity contribution in [3.63, 3.8) is 0 Å². The van der Waals surface area contributed by atoms with Crippen LogP contribution < -0.4 is 15.8 Å². The average Bonchev–Trinajstić information content (AvgIpc) is 3.40. The van der Waals surface area contributed by atoms with E-state index in [1.165, 1.54) is 0 Å². The van der Waals surface area contributed by atoms with Crippen LogP contribution in [-0.2, 0) is 4.79 Å². The van der Waals surface area contributed by atoms with Crippen LogP contribution in [0.4, 0.5) is 10.5 Å². The molecule has 10 nitrogen and oxygen atoms in total. The van der Waals surface area contributed by atoms with E-state index >= 15 is 0 Å². The van der Waals surface area contributed by atoms with Crippen LogP contribution >= 0.6 is 0 Å². The smallest absolute Gasteiger partial charge is 0.314 e. The first-order valence-electron chi connectivity index (χ1n) is 10.9. The molecule has 2 aliphatic rings. The lowest BCUT2D eigenvalue weighted by Crippen LogP contribution is -2.51. The summed E-state index contributed by atoms with van der Waals surface area (Å²) in [5.41, 5.74) is 9.42. The van der Waals surface area contributed by atoms with E-state index in [4.69, 9.17) is 10.5 Å². The van der Waals surface area contributed by atoms with Crippen LogP contribution in [0.5, 0.6) is 5.75 Å². The second-order valence-electron chi connectivity index (χ2n) is 8.26. The molecule has 0 radical (unpaired) electrons. The molecule has 0 spiro atoms. The maximum Gasteiger partial charge on any atom is 0.314 e. The molecule has 5 rings (SSSR count). The number of carbonyl (C=O) groups excluding carboxylic acids is 3. The molecule has 1 aliphatic heterocycles. The highest BCUT2D eigenvalue weighted by Crippen LogP contribution is 2.43. The third-order valence-electron chi connectivity index (χ3n) is 6.24. The van der Waals surface area contributed by atoms with Gasteiger partial charge in [0.15, 0.2) is 5.78 Å². The van der Waals surface area contributed by atoms with Gasteiger partial charge in [0.1, 0.15) is 11.4 Å². The van der Waals surface area contributed by atoms with Gasteiger partial charge in [-0.1, -0.05) is 12.1 Å². The maximum absolute atomic E-state index is 13.5. The maximum atomic E-state index is 13.5. The predicted octanol–water partition coefficient (Wildman–Crippen LogP) is 1.93. The Bertz CT molecular complexity index is 1280. The molecule has 0 saturated carbocycles. The molecule has 3 amide bonds. The number of benzene rings is 2. The van der Waals surface area contributed by atoms with Crippen LogP contribution in [-0.4, -0.2) is 77.6 Å². The summed E-state index contributed by atoms with van der Waals surface area (Å²) in [4.78, 5) is 41.0. The summed E-state index contributed by atoms with van der Waals surface area (Å²) >= 11 is 0. The van der Waals surface area contributed by atoms with Gasteiger partial charge < -0.3 is 20.7 Å². The number of aromatic amines is 1. The monoisotopic (exact) mass is 460 g/mol. The van der Waals surface area contributed by atoms with Gasteiger partial charge in [-0.15, -0.1) is 0 Å². The molecular weight excluding hydrogens is 436 g/mol. The molecule has 3 aromatic rings. The number of carbonyl (C=O) groups is 3. The molecule has 0 bridgehead atoms. The number of hydrogen-bond donors (Lipinski definition) is 3. The predicted molar refractivity (Wildman–Crippen MR) is 126 cm³/mol. The Morgan fingerprint density at radius 1 is 1.09 bits per heavy atom. The Morgan fingerprint density at radius 3 is 2.50 bits per heavy atom. The van der Waals surface area contributed by atoms with Crippen molar-refractivity contribution in [3.8, 4) is 28.3 Å². The van der Waals surface area contributed by atoms with Crippen molar-refractivity contribution in [1.29, 1.82) is 0 Å². The van der Waals surface area contributed by atoms with E-state index < -0.39 is 6.03 Å². The van der Waals surface area contributed by atoms with Crippen LogP contribution in [0.2, 0.25) is 0 Å². The van der Waals surface area contributed by atoms with E-state index in [9.17, 15) is 14.4 Å². The number of aromatic nitrogens is 2. The number of H-pyrrole nitrogens is 1. The molecule has 2 heterocycles. The van der Waals surface area contributed by atoms with Crippen LogP contribution in [0.3, 0.4) is 0 Å². The number of amides is 3. The Hall–Kier alpha value is -4.18. The minimum absolute atomic E-state index is 0.161. The summed E-state index contributed by atoms with van der Waals surface area (Å²) in [5.74, 6) is 0.305. The van der Waals surface area contributed by atoms with Gasteiger partial charge in [0.25, 0.3) is 0 Å². The number of ketones is 1. The van der Waals surface area contributed by atoms with Crippen molar-refractivity contribution < 1.29 is 19.1 Å². The number of hydrogen-bond acceptors (Lipinski definition) is 6. The number of ether oxygens (including phenoxy) is 1. The second-order valence-corrected chi connectivity index (χ2v) is 8.26. The molecule has 4 N–H and O–H groups in total. The van der Waals surface area contributed by atoms with Crippen molar-refractivity contribution >= 4 is 23.4 Å².